The highest BCUT2D eigenvalue weighted by molar-refractivity contribution is 7.12. The number of aromatic carboxylic acids is 1. The van der Waals surface area contributed by atoms with Crippen molar-refractivity contribution in [1.82, 2.24) is 0 Å². The monoisotopic (exact) mass is 199 g/mol. The highest BCUT2D eigenvalue weighted by Gasteiger charge is 2.19. The largest absolute Gasteiger partial charge is 0.477 e. The Balaban J connectivity index is 3.00. The van der Waals surface area contributed by atoms with E-state index in [1.54, 1.807) is 11.4 Å². The van der Waals surface area contributed by atoms with Crippen molar-refractivity contribution in [3.8, 4) is 0 Å². The Morgan fingerprint density at radius 1 is 1.62 bits per heavy atom. The summed E-state index contributed by atoms with van der Waals surface area (Å²) in [4.78, 5) is 11.1. The molecule has 3 N–H and O–H groups in total. The van der Waals surface area contributed by atoms with E-state index in [0.717, 1.165) is 5.56 Å². The molecule has 0 aromatic carbocycles. The summed E-state index contributed by atoms with van der Waals surface area (Å²) in [6.45, 7) is 3.96. The van der Waals surface area contributed by atoms with Crippen molar-refractivity contribution in [2.75, 3.05) is 0 Å². The molecule has 0 fully saturated rings. The first kappa shape index (κ1) is 10.2. The van der Waals surface area contributed by atoms with Crippen LogP contribution in [-0.4, -0.2) is 11.1 Å². The van der Waals surface area contributed by atoms with Crippen LogP contribution in [0.1, 0.15) is 35.1 Å². The molecule has 0 bridgehead atoms. The van der Waals surface area contributed by atoms with Crippen LogP contribution < -0.4 is 5.73 Å². The molecule has 0 amide bonds. The van der Waals surface area contributed by atoms with E-state index in [9.17, 15) is 4.79 Å². The van der Waals surface area contributed by atoms with Crippen LogP contribution in [0, 0.1) is 5.92 Å². The average molecular weight is 199 g/mol. The summed E-state index contributed by atoms with van der Waals surface area (Å²) < 4.78 is 0. The second-order valence-corrected chi connectivity index (χ2v) is 4.20. The van der Waals surface area contributed by atoms with Crippen LogP contribution in [0.5, 0.6) is 0 Å². The number of hydrogen-bond acceptors (Lipinski definition) is 3. The summed E-state index contributed by atoms with van der Waals surface area (Å²) in [7, 11) is 0. The zero-order valence-corrected chi connectivity index (χ0v) is 8.47. The molecule has 0 aliphatic carbocycles. The molecule has 4 heteroatoms. The van der Waals surface area contributed by atoms with Crippen molar-refractivity contribution in [3.05, 3.63) is 21.9 Å². The summed E-state index contributed by atoms with van der Waals surface area (Å²) in [6.07, 6.45) is 0. The van der Waals surface area contributed by atoms with E-state index in [1.165, 1.54) is 11.3 Å². The molecule has 0 radical (unpaired) electrons. The zero-order chi connectivity index (χ0) is 10.0. The third kappa shape index (κ3) is 2.08. The lowest BCUT2D eigenvalue weighted by molar-refractivity contribution is 0.0700. The standard InChI is InChI=1S/C9H13NO2S/c1-5(2)7(10)6-3-4-13-8(6)9(11)12/h3-5,7H,10H2,1-2H3,(H,11,12)/t7-/m1/s1. The van der Waals surface area contributed by atoms with E-state index in [1.807, 2.05) is 13.8 Å². The Morgan fingerprint density at radius 3 is 2.69 bits per heavy atom. The Bertz CT molecular complexity index is 306. The van der Waals surface area contributed by atoms with E-state index in [0.29, 0.717) is 4.88 Å². The van der Waals surface area contributed by atoms with Crippen molar-refractivity contribution in [2.24, 2.45) is 11.7 Å². The number of carboxylic acids is 1. The van der Waals surface area contributed by atoms with Crippen molar-refractivity contribution in [3.63, 3.8) is 0 Å². The normalized spacial score (nSPS) is 13.2. The van der Waals surface area contributed by atoms with Gasteiger partial charge in [-0.05, 0) is 22.9 Å². The third-order valence-electron chi connectivity index (χ3n) is 1.97. The van der Waals surface area contributed by atoms with E-state index in [4.69, 9.17) is 10.8 Å². The van der Waals surface area contributed by atoms with E-state index in [2.05, 4.69) is 0 Å². The molecule has 1 aromatic heterocycles. The van der Waals surface area contributed by atoms with E-state index >= 15 is 0 Å². The summed E-state index contributed by atoms with van der Waals surface area (Å²) in [5.74, 6) is -0.631. The van der Waals surface area contributed by atoms with Gasteiger partial charge >= 0.3 is 5.97 Å². The predicted molar refractivity (Wildman–Crippen MR) is 53.0 cm³/mol. The molecular formula is C9H13NO2S. The highest BCUT2D eigenvalue weighted by Crippen LogP contribution is 2.26. The molecule has 0 aliphatic heterocycles. The summed E-state index contributed by atoms with van der Waals surface area (Å²) >= 11 is 1.22. The second kappa shape index (κ2) is 3.89. The molecule has 0 saturated carbocycles. The number of rotatable bonds is 3. The van der Waals surface area contributed by atoms with Crippen LogP contribution in [0.25, 0.3) is 0 Å². The lowest BCUT2D eigenvalue weighted by Crippen LogP contribution is -2.18. The lowest BCUT2D eigenvalue weighted by Gasteiger charge is -2.14. The maximum Gasteiger partial charge on any atom is 0.346 e. The molecule has 1 heterocycles. The van der Waals surface area contributed by atoms with Gasteiger partial charge in [-0.25, -0.2) is 4.79 Å². The Kier molecular flexibility index (Phi) is 3.06. The van der Waals surface area contributed by atoms with Gasteiger partial charge in [0.15, 0.2) is 0 Å². The molecule has 1 aromatic rings. The topological polar surface area (TPSA) is 63.3 Å². The average Bonchev–Trinajstić information content (AvgIpc) is 2.50. The molecule has 1 rings (SSSR count). The number of carbonyl (C=O) groups is 1. The predicted octanol–water partition coefficient (Wildman–Crippen LogP) is 2.10. The first-order valence-corrected chi connectivity index (χ1v) is 4.98. The molecule has 3 nitrogen and oxygen atoms in total. The highest BCUT2D eigenvalue weighted by atomic mass is 32.1. The third-order valence-corrected chi connectivity index (χ3v) is 2.89. The van der Waals surface area contributed by atoms with Crippen LogP contribution in [0.15, 0.2) is 11.4 Å². The lowest BCUT2D eigenvalue weighted by atomic mass is 9.98. The molecule has 72 valence electrons. The van der Waals surface area contributed by atoms with Crippen LogP contribution in [-0.2, 0) is 0 Å². The minimum atomic E-state index is -0.888. The SMILES string of the molecule is CC(C)[C@@H](N)c1ccsc1C(=O)O. The minimum absolute atomic E-state index is 0.183. The van der Waals surface area contributed by atoms with Gasteiger partial charge in [-0.1, -0.05) is 13.8 Å². The van der Waals surface area contributed by atoms with Gasteiger partial charge in [-0.3, -0.25) is 0 Å². The molecule has 0 saturated heterocycles. The Morgan fingerprint density at radius 2 is 2.23 bits per heavy atom. The fourth-order valence-corrected chi connectivity index (χ4v) is 1.91. The van der Waals surface area contributed by atoms with Crippen molar-refractivity contribution >= 4 is 17.3 Å². The van der Waals surface area contributed by atoms with Crippen LogP contribution in [0.2, 0.25) is 0 Å². The van der Waals surface area contributed by atoms with E-state index in [-0.39, 0.29) is 12.0 Å². The molecular weight excluding hydrogens is 186 g/mol. The van der Waals surface area contributed by atoms with Crippen LogP contribution in [0.4, 0.5) is 0 Å². The van der Waals surface area contributed by atoms with Gasteiger partial charge in [0.1, 0.15) is 4.88 Å². The molecule has 13 heavy (non-hydrogen) atoms. The first-order valence-electron chi connectivity index (χ1n) is 4.10. The van der Waals surface area contributed by atoms with Gasteiger partial charge < -0.3 is 10.8 Å². The van der Waals surface area contributed by atoms with Gasteiger partial charge in [-0.2, -0.15) is 0 Å². The Hall–Kier alpha value is -0.870. The van der Waals surface area contributed by atoms with Crippen molar-refractivity contribution < 1.29 is 9.90 Å². The van der Waals surface area contributed by atoms with Crippen LogP contribution in [0.3, 0.4) is 0 Å². The maximum atomic E-state index is 10.8. The number of thiophene rings is 1. The molecule has 0 unspecified atom stereocenters. The fourth-order valence-electron chi connectivity index (χ4n) is 1.11. The quantitative estimate of drug-likeness (QED) is 0.783. The van der Waals surface area contributed by atoms with Crippen molar-refractivity contribution in [1.29, 1.82) is 0 Å². The van der Waals surface area contributed by atoms with Gasteiger partial charge in [0, 0.05) is 6.04 Å². The second-order valence-electron chi connectivity index (χ2n) is 3.28. The van der Waals surface area contributed by atoms with Crippen molar-refractivity contribution in [2.45, 2.75) is 19.9 Å². The fraction of sp³-hybridized carbons (Fsp3) is 0.444. The first-order chi connectivity index (χ1) is 6.04. The number of carboxylic acid groups (broad SMARTS) is 1. The summed E-state index contributed by atoms with van der Waals surface area (Å²) in [6, 6.07) is 1.61. The van der Waals surface area contributed by atoms with Crippen LogP contribution >= 0.6 is 11.3 Å². The zero-order valence-electron chi connectivity index (χ0n) is 7.65. The van der Waals surface area contributed by atoms with E-state index < -0.39 is 5.97 Å². The molecule has 0 spiro atoms. The van der Waals surface area contributed by atoms with Gasteiger partial charge in [-0.15, -0.1) is 11.3 Å². The maximum absolute atomic E-state index is 10.8. The number of hydrogen-bond donors (Lipinski definition) is 2. The minimum Gasteiger partial charge on any atom is -0.477 e. The smallest absolute Gasteiger partial charge is 0.346 e. The summed E-state index contributed by atoms with van der Waals surface area (Å²) in [5, 5.41) is 10.6. The van der Waals surface area contributed by atoms with Gasteiger partial charge in [0.2, 0.25) is 0 Å². The molecule has 0 aliphatic rings. The Labute approximate surface area is 81.2 Å². The van der Waals surface area contributed by atoms with Gasteiger partial charge in [0.25, 0.3) is 0 Å². The number of nitrogens with two attached hydrogens (primary N) is 1. The summed E-state index contributed by atoms with van der Waals surface area (Å²) in [5.41, 5.74) is 6.61. The van der Waals surface area contributed by atoms with Gasteiger partial charge in [0.05, 0.1) is 0 Å². The molecule has 1 atom stereocenters.